The molecule has 32 heavy (non-hydrogen) atoms. The fourth-order valence-electron chi connectivity index (χ4n) is 4.53. The van der Waals surface area contributed by atoms with Gasteiger partial charge in [0.1, 0.15) is 0 Å². The zero-order valence-electron chi connectivity index (χ0n) is 18.5. The van der Waals surface area contributed by atoms with Gasteiger partial charge in [0, 0.05) is 38.2 Å². The smallest absolute Gasteiger partial charge is 0.255 e. The van der Waals surface area contributed by atoms with Gasteiger partial charge >= 0.3 is 0 Å². The number of nitrogens with two attached hydrogens (primary N) is 1. The number of aromatic amines is 1. The number of H-pyrrole nitrogens is 1. The van der Waals surface area contributed by atoms with Gasteiger partial charge in [-0.05, 0) is 49.9 Å². The lowest BCUT2D eigenvalue weighted by molar-refractivity contribution is -0.119. The second-order valence-corrected chi connectivity index (χ2v) is 8.50. The Morgan fingerprint density at radius 3 is 2.75 bits per heavy atom. The molecule has 1 aromatic carbocycles. The summed E-state index contributed by atoms with van der Waals surface area (Å²) in [4.78, 5) is 35.6. The standard InChI is InChI=1S/C23H31N5O4/c1-31-20-11-16(6-7-19(20)32-15-21(24)29)13-27-8-4-5-17(14-27)18-12-22(30)26-23(25-18)28-9-2-3-10-28/h6-7,11-12,17H,2-5,8-10,13-15H2,1H3,(H2,24,29)(H,25,26,30). The summed E-state index contributed by atoms with van der Waals surface area (Å²) < 4.78 is 10.8. The number of benzene rings is 1. The maximum Gasteiger partial charge on any atom is 0.255 e. The Kier molecular flexibility index (Phi) is 6.94. The average Bonchev–Trinajstić information content (AvgIpc) is 3.33. The summed E-state index contributed by atoms with van der Waals surface area (Å²) in [6.45, 7) is 4.30. The van der Waals surface area contributed by atoms with Crippen LogP contribution in [-0.2, 0) is 11.3 Å². The van der Waals surface area contributed by atoms with Crippen molar-refractivity contribution >= 4 is 11.9 Å². The number of carbonyl (C=O) groups is 1. The number of nitrogens with zero attached hydrogens (tertiary/aromatic N) is 3. The number of aromatic nitrogens is 2. The first-order chi connectivity index (χ1) is 15.5. The number of hydrogen-bond acceptors (Lipinski definition) is 7. The summed E-state index contributed by atoms with van der Waals surface area (Å²) in [5, 5.41) is 0. The number of nitrogens with one attached hydrogen (secondary N) is 1. The SMILES string of the molecule is COc1cc(CN2CCCC(c3cc(=O)[nH]c(N4CCCC4)n3)C2)ccc1OCC(N)=O. The van der Waals surface area contributed by atoms with Crippen molar-refractivity contribution in [3.63, 3.8) is 0 Å². The van der Waals surface area contributed by atoms with Crippen LogP contribution < -0.4 is 25.7 Å². The van der Waals surface area contributed by atoms with E-state index in [0.717, 1.165) is 69.7 Å². The summed E-state index contributed by atoms with van der Waals surface area (Å²) in [5.41, 5.74) is 7.05. The number of amides is 1. The second kappa shape index (κ2) is 10.0. The third kappa shape index (κ3) is 5.40. The minimum Gasteiger partial charge on any atom is -0.493 e. The first-order valence-corrected chi connectivity index (χ1v) is 11.2. The van der Waals surface area contributed by atoms with Crippen molar-refractivity contribution in [3.05, 3.63) is 45.9 Å². The fourth-order valence-corrected chi connectivity index (χ4v) is 4.53. The fraction of sp³-hybridized carbons (Fsp3) is 0.522. The maximum atomic E-state index is 12.3. The van der Waals surface area contributed by atoms with Crippen molar-refractivity contribution in [2.45, 2.75) is 38.1 Å². The van der Waals surface area contributed by atoms with Crippen LogP contribution in [0.15, 0.2) is 29.1 Å². The van der Waals surface area contributed by atoms with E-state index in [9.17, 15) is 9.59 Å². The van der Waals surface area contributed by atoms with Gasteiger partial charge in [-0.3, -0.25) is 19.5 Å². The first-order valence-electron chi connectivity index (χ1n) is 11.2. The van der Waals surface area contributed by atoms with Crippen LogP contribution in [0, 0.1) is 0 Å². The second-order valence-electron chi connectivity index (χ2n) is 8.50. The lowest BCUT2D eigenvalue weighted by atomic mass is 9.94. The van der Waals surface area contributed by atoms with Crippen molar-refractivity contribution in [3.8, 4) is 11.5 Å². The van der Waals surface area contributed by atoms with Crippen molar-refractivity contribution in [1.29, 1.82) is 0 Å². The predicted octanol–water partition coefficient (Wildman–Crippen LogP) is 1.62. The van der Waals surface area contributed by atoms with Gasteiger partial charge < -0.3 is 20.1 Å². The monoisotopic (exact) mass is 441 g/mol. The number of piperidine rings is 1. The van der Waals surface area contributed by atoms with E-state index in [1.54, 1.807) is 19.2 Å². The lowest BCUT2D eigenvalue weighted by Gasteiger charge is -2.32. The van der Waals surface area contributed by atoms with Gasteiger partial charge in [0.2, 0.25) is 5.95 Å². The molecule has 0 aliphatic carbocycles. The van der Waals surface area contributed by atoms with Crippen LogP contribution in [0.3, 0.4) is 0 Å². The molecule has 9 heteroatoms. The van der Waals surface area contributed by atoms with Gasteiger partial charge in [0.25, 0.3) is 11.5 Å². The molecule has 2 aliphatic rings. The Balaban J connectivity index is 1.44. The number of methoxy groups -OCH3 is 1. The summed E-state index contributed by atoms with van der Waals surface area (Å²) >= 11 is 0. The van der Waals surface area contributed by atoms with Gasteiger partial charge in [0.05, 0.1) is 12.8 Å². The van der Waals surface area contributed by atoms with E-state index < -0.39 is 5.91 Å². The molecule has 0 bridgehead atoms. The van der Waals surface area contributed by atoms with E-state index in [0.29, 0.717) is 17.4 Å². The molecule has 1 atom stereocenters. The molecule has 0 spiro atoms. The van der Waals surface area contributed by atoms with Crippen molar-refractivity contribution in [2.24, 2.45) is 5.73 Å². The Bertz CT molecular complexity index is 1000. The van der Waals surface area contributed by atoms with Gasteiger partial charge in [-0.25, -0.2) is 4.98 Å². The normalized spacial score (nSPS) is 19.2. The molecule has 3 N–H and O–H groups in total. The summed E-state index contributed by atoms with van der Waals surface area (Å²) in [5.74, 6) is 1.47. The van der Waals surface area contributed by atoms with Crippen LogP contribution in [0.25, 0.3) is 0 Å². The predicted molar refractivity (Wildman–Crippen MR) is 121 cm³/mol. The molecule has 2 aromatic rings. The molecule has 2 aliphatic heterocycles. The molecule has 0 saturated carbocycles. The van der Waals surface area contributed by atoms with Gasteiger partial charge in [-0.1, -0.05) is 6.07 Å². The molecule has 2 saturated heterocycles. The van der Waals surface area contributed by atoms with Gasteiger partial charge in [-0.2, -0.15) is 0 Å². The Hall–Kier alpha value is -3.07. The quantitative estimate of drug-likeness (QED) is 0.640. The third-order valence-corrected chi connectivity index (χ3v) is 6.08. The lowest BCUT2D eigenvalue weighted by Crippen LogP contribution is -2.35. The summed E-state index contributed by atoms with van der Waals surface area (Å²) in [6, 6.07) is 7.36. The molecule has 2 fully saturated rings. The van der Waals surface area contributed by atoms with Crippen LogP contribution in [0.2, 0.25) is 0 Å². The van der Waals surface area contributed by atoms with Gasteiger partial charge in [0.15, 0.2) is 18.1 Å². The Labute approximate surface area is 187 Å². The first kappa shape index (κ1) is 22.1. The Morgan fingerprint density at radius 1 is 1.19 bits per heavy atom. The Morgan fingerprint density at radius 2 is 2.00 bits per heavy atom. The number of hydrogen-bond donors (Lipinski definition) is 2. The minimum atomic E-state index is -0.531. The number of anilines is 1. The van der Waals surface area contributed by atoms with Crippen LogP contribution in [0.1, 0.15) is 42.9 Å². The molecule has 9 nitrogen and oxygen atoms in total. The van der Waals surface area contributed by atoms with Crippen molar-refractivity contribution < 1.29 is 14.3 Å². The molecule has 1 unspecified atom stereocenters. The van der Waals surface area contributed by atoms with Crippen LogP contribution in [0.4, 0.5) is 5.95 Å². The number of rotatable bonds is 8. The number of carbonyl (C=O) groups excluding carboxylic acids is 1. The highest BCUT2D eigenvalue weighted by Crippen LogP contribution is 2.31. The van der Waals surface area contributed by atoms with Crippen LogP contribution >= 0.6 is 0 Å². The minimum absolute atomic E-state index is 0.0784. The largest absolute Gasteiger partial charge is 0.493 e. The van der Waals surface area contributed by atoms with E-state index in [2.05, 4.69) is 14.8 Å². The highest BCUT2D eigenvalue weighted by Gasteiger charge is 2.25. The van der Waals surface area contributed by atoms with E-state index in [-0.39, 0.29) is 18.1 Å². The van der Waals surface area contributed by atoms with Crippen molar-refractivity contribution in [1.82, 2.24) is 14.9 Å². The van der Waals surface area contributed by atoms with Crippen LogP contribution in [0.5, 0.6) is 11.5 Å². The van der Waals surface area contributed by atoms with E-state index in [4.69, 9.17) is 20.2 Å². The van der Waals surface area contributed by atoms with E-state index in [1.165, 1.54) is 0 Å². The zero-order valence-corrected chi connectivity index (χ0v) is 18.5. The number of primary amides is 1. The zero-order chi connectivity index (χ0) is 22.5. The molecule has 0 radical (unpaired) electrons. The summed E-state index contributed by atoms with van der Waals surface area (Å²) in [6.07, 6.45) is 4.35. The number of ether oxygens (including phenoxy) is 2. The summed E-state index contributed by atoms with van der Waals surface area (Å²) in [7, 11) is 1.57. The maximum absolute atomic E-state index is 12.3. The topological polar surface area (TPSA) is 114 Å². The molecule has 3 heterocycles. The molecule has 1 amide bonds. The van der Waals surface area contributed by atoms with Crippen LogP contribution in [-0.4, -0.2) is 60.7 Å². The average molecular weight is 442 g/mol. The van der Waals surface area contributed by atoms with E-state index in [1.807, 2.05) is 12.1 Å². The molecular weight excluding hydrogens is 410 g/mol. The van der Waals surface area contributed by atoms with Gasteiger partial charge in [-0.15, -0.1) is 0 Å². The van der Waals surface area contributed by atoms with Crippen molar-refractivity contribution in [2.75, 3.05) is 44.8 Å². The highest BCUT2D eigenvalue weighted by molar-refractivity contribution is 5.75. The highest BCUT2D eigenvalue weighted by atomic mass is 16.5. The molecule has 4 rings (SSSR count). The number of likely N-dealkylation sites (tertiary alicyclic amines) is 1. The molecular formula is C23H31N5O4. The molecule has 172 valence electrons. The molecule has 1 aromatic heterocycles. The van der Waals surface area contributed by atoms with E-state index >= 15 is 0 Å². The third-order valence-electron chi connectivity index (χ3n) is 6.08.